The summed E-state index contributed by atoms with van der Waals surface area (Å²) in [7, 11) is 3.20. The number of ether oxygens (including phenoxy) is 3. The summed E-state index contributed by atoms with van der Waals surface area (Å²) in [6, 6.07) is 15.2. The van der Waals surface area contributed by atoms with Gasteiger partial charge in [-0.2, -0.15) is 0 Å². The molecule has 0 radical (unpaired) electrons. The first-order valence-electron chi connectivity index (χ1n) is 9.08. The topological polar surface area (TPSA) is 62.6 Å². The zero-order chi connectivity index (χ0) is 20.2. The van der Waals surface area contributed by atoms with E-state index in [0.717, 1.165) is 16.9 Å². The summed E-state index contributed by atoms with van der Waals surface area (Å²) in [5, 5.41) is 1.95. The fourth-order valence-corrected chi connectivity index (χ4v) is 4.06. The zero-order valence-electron chi connectivity index (χ0n) is 16.1. The van der Waals surface area contributed by atoms with E-state index in [1.807, 2.05) is 53.9 Å². The van der Waals surface area contributed by atoms with Gasteiger partial charge >= 0.3 is 0 Å². The second kappa shape index (κ2) is 8.36. The maximum absolute atomic E-state index is 12.9. The summed E-state index contributed by atoms with van der Waals surface area (Å²) in [5.41, 5.74) is 2.44. The van der Waals surface area contributed by atoms with Gasteiger partial charge < -0.3 is 14.2 Å². The average Bonchev–Trinajstić information content (AvgIpc) is 3.20. The SMILES string of the molecule is COc1ccc(-c2csc3c(=O)n(CCOc4ccccc4)cnc23)cc1OC. The van der Waals surface area contributed by atoms with Crippen molar-refractivity contribution in [3.8, 4) is 28.4 Å². The number of nitrogens with zero attached hydrogens (tertiary/aromatic N) is 2. The quantitative estimate of drug-likeness (QED) is 0.458. The normalized spacial score (nSPS) is 10.8. The number of hydrogen-bond donors (Lipinski definition) is 0. The molecule has 0 fully saturated rings. The molecule has 0 N–H and O–H groups in total. The van der Waals surface area contributed by atoms with Crippen LogP contribution >= 0.6 is 11.3 Å². The van der Waals surface area contributed by atoms with E-state index in [4.69, 9.17) is 14.2 Å². The van der Waals surface area contributed by atoms with E-state index in [1.165, 1.54) is 11.3 Å². The van der Waals surface area contributed by atoms with E-state index < -0.39 is 0 Å². The van der Waals surface area contributed by atoms with Crippen molar-refractivity contribution < 1.29 is 14.2 Å². The Bertz CT molecular complexity index is 1180. The van der Waals surface area contributed by atoms with Crippen molar-refractivity contribution in [3.05, 3.63) is 70.6 Å². The average molecular weight is 408 g/mol. The van der Waals surface area contributed by atoms with Crippen molar-refractivity contribution in [1.29, 1.82) is 0 Å². The molecule has 0 unspecified atom stereocenters. The molecule has 0 aliphatic heterocycles. The van der Waals surface area contributed by atoms with E-state index in [0.29, 0.717) is 34.9 Å². The molecule has 0 saturated heterocycles. The van der Waals surface area contributed by atoms with Crippen LogP contribution in [-0.4, -0.2) is 30.4 Å². The van der Waals surface area contributed by atoms with Crippen LogP contribution in [0.25, 0.3) is 21.3 Å². The van der Waals surface area contributed by atoms with Crippen LogP contribution in [0.5, 0.6) is 17.2 Å². The first-order chi connectivity index (χ1) is 14.2. The van der Waals surface area contributed by atoms with E-state index >= 15 is 0 Å². The van der Waals surface area contributed by atoms with Crippen LogP contribution in [-0.2, 0) is 6.54 Å². The van der Waals surface area contributed by atoms with Gasteiger partial charge in [0.1, 0.15) is 17.1 Å². The first-order valence-corrected chi connectivity index (χ1v) is 9.96. The molecular formula is C22H20N2O4S. The third kappa shape index (κ3) is 3.82. The molecule has 0 spiro atoms. The van der Waals surface area contributed by atoms with Gasteiger partial charge in [0, 0.05) is 10.9 Å². The molecule has 2 aromatic heterocycles. The number of para-hydroxylation sites is 1. The number of hydrogen-bond acceptors (Lipinski definition) is 6. The molecule has 148 valence electrons. The summed E-state index contributed by atoms with van der Waals surface area (Å²) < 4.78 is 18.6. The Morgan fingerprint density at radius 2 is 1.83 bits per heavy atom. The first kappa shape index (κ1) is 19.0. The van der Waals surface area contributed by atoms with Gasteiger partial charge in [-0.05, 0) is 29.8 Å². The van der Waals surface area contributed by atoms with Gasteiger partial charge in [0.25, 0.3) is 5.56 Å². The Morgan fingerprint density at radius 1 is 1.03 bits per heavy atom. The highest BCUT2D eigenvalue weighted by Crippen LogP contribution is 2.36. The van der Waals surface area contributed by atoms with Crippen LogP contribution in [0.1, 0.15) is 0 Å². The molecular weight excluding hydrogens is 388 g/mol. The maximum atomic E-state index is 12.9. The van der Waals surface area contributed by atoms with E-state index in [-0.39, 0.29) is 5.56 Å². The summed E-state index contributed by atoms with van der Waals surface area (Å²) in [6.07, 6.45) is 1.58. The van der Waals surface area contributed by atoms with Gasteiger partial charge in [-0.15, -0.1) is 11.3 Å². The minimum absolute atomic E-state index is 0.0663. The molecule has 0 atom stereocenters. The highest BCUT2D eigenvalue weighted by molar-refractivity contribution is 7.17. The lowest BCUT2D eigenvalue weighted by atomic mass is 10.1. The molecule has 4 rings (SSSR count). The van der Waals surface area contributed by atoms with Gasteiger partial charge in [-0.3, -0.25) is 9.36 Å². The molecule has 0 amide bonds. The second-order valence-electron chi connectivity index (χ2n) is 6.30. The maximum Gasteiger partial charge on any atom is 0.271 e. The summed E-state index contributed by atoms with van der Waals surface area (Å²) in [4.78, 5) is 17.4. The van der Waals surface area contributed by atoms with Crippen LogP contribution < -0.4 is 19.8 Å². The highest BCUT2D eigenvalue weighted by atomic mass is 32.1. The molecule has 2 heterocycles. The van der Waals surface area contributed by atoms with Crippen LogP contribution in [0.4, 0.5) is 0 Å². The Balaban J connectivity index is 1.60. The van der Waals surface area contributed by atoms with E-state index in [1.54, 1.807) is 25.1 Å². The Labute approximate surface area is 171 Å². The van der Waals surface area contributed by atoms with E-state index in [2.05, 4.69) is 4.98 Å². The molecule has 4 aromatic rings. The Morgan fingerprint density at radius 3 is 2.59 bits per heavy atom. The van der Waals surface area contributed by atoms with Crippen LogP contribution in [0.3, 0.4) is 0 Å². The summed E-state index contributed by atoms with van der Waals surface area (Å²) >= 11 is 1.39. The number of aromatic nitrogens is 2. The predicted octanol–water partition coefficient (Wildman–Crippen LogP) is 4.22. The number of methoxy groups -OCH3 is 2. The fraction of sp³-hybridized carbons (Fsp3) is 0.182. The van der Waals surface area contributed by atoms with Crippen molar-refractivity contribution in [1.82, 2.24) is 9.55 Å². The zero-order valence-corrected chi connectivity index (χ0v) is 16.9. The number of thiophene rings is 1. The highest BCUT2D eigenvalue weighted by Gasteiger charge is 2.14. The van der Waals surface area contributed by atoms with Crippen LogP contribution in [0.15, 0.2) is 65.0 Å². The standard InChI is InChI=1S/C22H20N2O4S/c1-26-18-9-8-15(12-19(18)27-2)17-13-29-21-20(17)23-14-24(22(21)25)10-11-28-16-6-4-3-5-7-16/h3-9,12-14H,10-11H2,1-2H3. The van der Waals surface area contributed by atoms with Crippen molar-refractivity contribution in [2.75, 3.05) is 20.8 Å². The Kier molecular flexibility index (Phi) is 5.48. The molecule has 7 heteroatoms. The largest absolute Gasteiger partial charge is 0.493 e. The molecule has 2 aromatic carbocycles. The molecule has 0 aliphatic carbocycles. The monoisotopic (exact) mass is 408 g/mol. The molecule has 0 saturated carbocycles. The Hall–Kier alpha value is -3.32. The van der Waals surface area contributed by atoms with Crippen molar-refractivity contribution in [2.24, 2.45) is 0 Å². The minimum Gasteiger partial charge on any atom is -0.493 e. The predicted molar refractivity (Wildman–Crippen MR) is 114 cm³/mol. The van der Waals surface area contributed by atoms with Crippen LogP contribution in [0, 0.1) is 0 Å². The number of rotatable bonds is 7. The minimum atomic E-state index is -0.0663. The molecule has 6 nitrogen and oxygen atoms in total. The van der Waals surface area contributed by atoms with Gasteiger partial charge in [-0.1, -0.05) is 24.3 Å². The van der Waals surface area contributed by atoms with Crippen LogP contribution in [0.2, 0.25) is 0 Å². The van der Waals surface area contributed by atoms with Gasteiger partial charge in [0.15, 0.2) is 11.5 Å². The van der Waals surface area contributed by atoms with Crippen molar-refractivity contribution in [3.63, 3.8) is 0 Å². The molecule has 0 bridgehead atoms. The van der Waals surface area contributed by atoms with Gasteiger partial charge in [-0.25, -0.2) is 4.98 Å². The number of fused-ring (bicyclic) bond motifs is 1. The lowest BCUT2D eigenvalue weighted by Gasteiger charge is -2.09. The van der Waals surface area contributed by atoms with Gasteiger partial charge in [0.05, 0.1) is 32.6 Å². The van der Waals surface area contributed by atoms with Crippen molar-refractivity contribution in [2.45, 2.75) is 6.54 Å². The number of benzene rings is 2. The summed E-state index contributed by atoms with van der Waals surface area (Å²) in [5.74, 6) is 2.07. The molecule has 0 aliphatic rings. The lowest BCUT2D eigenvalue weighted by molar-refractivity contribution is 0.296. The second-order valence-corrected chi connectivity index (χ2v) is 7.18. The fourth-order valence-electron chi connectivity index (χ4n) is 3.09. The third-order valence-corrected chi connectivity index (χ3v) is 5.54. The summed E-state index contributed by atoms with van der Waals surface area (Å²) in [6.45, 7) is 0.825. The van der Waals surface area contributed by atoms with Gasteiger partial charge in [0.2, 0.25) is 0 Å². The molecule has 29 heavy (non-hydrogen) atoms. The van der Waals surface area contributed by atoms with E-state index in [9.17, 15) is 4.79 Å². The third-order valence-electron chi connectivity index (χ3n) is 4.58. The lowest BCUT2D eigenvalue weighted by Crippen LogP contribution is -2.22. The van der Waals surface area contributed by atoms with Crippen molar-refractivity contribution >= 4 is 21.6 Å². The smallest absolute Gasteiger partial charge is 0.271 e.